The maximum Gasteiger partial charge on any atom is 0.248 e. The maximum absolute atomic E-state index is 11.9. The van der Waals surface area contributed by atoms with Gasteiger partial charge in [-0.15, -0.1) is 0 Å². The molecular formula is C16H24N2O3. The predicted octanol–water partition coefficient (Wildman–Crippen LogP) is 1.04. The Bertz CT molecular complexity index is 419. The SMILES string of the molecule is C[C@H](OCc1ccccc1)C(=O)NCCN1CCOCC1. The molecule has 1 aromatic carbocycles. The number of hydrogen-bond acceptors (Lipinski definition) is 4. The van der Waals surface area contributed by atoms with Gasteiger partial charge in [-0.25, -0.2) is 0 Å². The summed E-state index contributed by atoms with van der Waals surface area (Å²) in [6.45, 7) is 7.20. The number of nitrogens with one attached hydrogen (secondary N) is 1. The van der Waals surface area contributed by atoms with Crippen molar-refractivity contribution in [2.24, 2.45) is 0 Å². The molecule has 1 aromatic rings. The largest absolute Gasteiger partial charge is 0.379 e. The number of nitrogens with zero attached hydrogens (tertiary/aromatic N) is 1. The summed E-state index contributed by atoms with van der Waals surface area (Å²) in [7, 11) is 0. The minimum Gasteiger partial charge on any atom is -0.379 e. The van der Waals surface area contributed by atoms with Gasteiger partial charge in [0.15, 0.2) is 0 Å². The number of ether oxygens (including phenoxy) is 2. The van der Waals surface area contributed by atoms with Crippen molar-refractivity contribution in [2.75, 3.05) is 39.4 Å². The van der Waals surface area contributed by atoms with Crippen molar-refractivity contribution in [3.05, 3.63) is 35.9 Å². The first-order valence-electron chi connectivity index (χ1n) is 7.49. The molecule has 0 spiro atoms. The highest BCUT2D eigenvalue weighted by Gasteiger charge is 2.14. The molecule has 0 aromatic heterocycles. The van der Waals surface area contributed by atoms with Crippen LogP contribution in [0.25, 0.3) is 0 Å². The average Bonchev–Trinajstić information content (AvgIpc) is 2.54. The molecule has 1 aliphatic heterocycles. The van der Waals surface area contributed by atoms with Crippen LogP contribution in [0.15, 0.2) is 30.3 Å². The van der Waals surface area contributed by atoms with E-state index < -0.39 is 6.10 Å². The Morgan fingerprint density at radius 2 is 2.05 bits per heavy atom. The molecule has 1 saturated heterocycles. The lowest BCUT2D eigenvalue weighted by atomic mass is 10.2. The molecule has 1 heterocycles. The minimum atomic E-state index is -0.435. The summed E-state index contributed by atoms with van der Waals surface area (Å²) in [5.41, 5.74) is 1.07. The third-order valence-corrected chi connectivity index (χ3v) is 3.54. The Morgan fingerprint density at radius 3 is 2.76 bits per heavy atom. The summed E-state index contributed by atoms with van der Waals surface area (Å²) in [6.07, 6.45) is -0.435. The average molecular weight is 292 g/mol. The Morgan fingerprint density at radius 1 is 1.33 bits per heavy atom. The van der Waals surface area contributed by atoms with E-state index in [1.807, 2.05) is 30.3 Å². The molecule has 1 fully saturated rings. The molecular weight excluding hydrogens is 268 g/mol. The standard InChI is InChI=1S/C16H24N2O3/c1-14(21-13-15-5-3-2-4-6-15)16(19)17-7-8-18-9-11-20-12-10-18/h2-6,14H,7-13H2,1H3,(H,17,19)/t14-/m0/s1. The van der Waals surface area contributed by atoms with E-state index in [0.717, 1.165) is 38.4 Å². The molecule has 1 aliphatic rings. The van der Waals surface area contributed by atoms with Crippen molar-refractivity contribution in [3.63, 3.8) is 0 Å². The van der Waals surface area contributed by atoms with E-state index in [-0.39, 0.29) is 5.91 Å². The van der Waals surface area contributed by atoms with E-state index in [1.54, 1.807) is 6.92 Å². The van der Waals surface area contributed by atoms with Crippen LogP contribution in [0.5, 0.6) is 0 Å². The third-order valence-electron chi connectivity index (χ3n) is 3.54. The molecule has 21 heavy (non-hydrogen) atoms. The van der Waals surface area contributed by atoms with Gasteiger partial charge < -0.3 is 14.8 Å². The quantitative estimate of drug-likeness (QED) is 0.816. The molecule has 1 atom stereocenters. The first-order chi connectivity index (χ1) is 10.3. The van der Waals surface area contributed by atoms with Crippen molar-refractivity contribution in [3.8, 4) is 0 Å². The molecule has 0 aliphatic carbocycles. The molecule has 1 N–H and O–H groups in total. The monoisotopic (exact) mass is 292 g/mol. The second kappa shape index (κ2) is 8.77. The second-order valence-electron chi connectivity index (χ2n) is 5.18. The van der Waals surface area contributed by atoms with Gasteiger partial charge in [-0.2, -0.15) is 0 Å². The van der Waals surface area contributed by atoms with Crippen LogP contribution in [-0.2, 0) is 20.9 Å². The molecule has 0 bridgehead atoms. The van der Waals surface area contributed by atoms with Gasteiger partial charge in [0, 0.05) is 26.2 Å². The zero-order chi connectivity index (χ0) is 14.9. The number of hydrogen-bond donors (Lipinski definition) is 1. The van der Waals surface area contributed by atoms with Gasteiger partial charge in [-0.3, -0.25) is 9.69 Å². The van der Waals surface area contributed by atoms with Gasteiger partial charge in [0.1, 0.15) is 6.10 Å². The van der Waals surface area contributed by atoms with Crippen molar-refractivity contribution in [1.82, 2.24) is 10.2 Å². The fourth-order valence-corrected chi connectivity index (χ4v) is 2.18. The summed E-state index contributed by atoms with van der Waals surface area (Å²) >= 11 is 0. The first-order valence-corrected chi connectivity index (χ1v) is 7.49. The Labute approximate surface area is 126 Å². The highest BCUT2D eigenvalue weighted by Crippen LogP contribution is 2.03. The Kier molecular flexibility index (Phi) is 6.66. The van der Waals surface area contributed by atoms with Crippen molar-refractivity contribution >= 4 is 5.91 Å². The molecule has 0 saturated carbocycles. The molecule has 5 heteroatoms. The van der Waals surface area contributed by atoms with Gasteiger partial charge in [0.25, 0.3) is 0 Å². The van der Waals surface area contributed by atoms with E-state index in [2.05, 4.69) is 10.2 Å². The molecule has 1 amide bonds. The van der Waals surface area contributed by atoms with E-state index in [9.17, 15) is 4.79 Å². The van der Waals surface area contributed by atoms with Crippen LogP contribution in [0.2, 0.25) is 0 Å². The summed E-state index contributed by atoms with van der Waals surface area (Å²) < 4.78 is 10.9. The number of amides is 1. The molecule has 116 valence electrons. The number of carbonyl (C=O) groups excluding carboxylic acids is 1. The van der Waals surface area contributed by atoms with Crippen LogP contribution in [0.3, 0.4) is 0 Å². The zero-order valence-corrected chi connectivity index (χ0v) is 12.6. The van der Waals surface area contributed by atoms with Crippen LogP contribution in [0, 0.1) is 0 Å². The van der Waals surface area contributed by atoms with Crippen LogP contribution in [-0.4, -0.2) is 56.3 Å². The van der Waals surface area contributed by atoms with E-state index in [1.165, 1.54) is 0 Å². The van der Waals surface area contributed by atoms with Gasteiger partial charge in [0.2, 0.25) is 5.91 Å². The maximum atomic E-state index is 11.9. The summed E-state index contributed by atoms with van der Waals surface area (Å²) in [5.74, 6) is -0.0563. The Balaban J connectivity index is 1.60. The van der Waals surface area contributed by atoms with Crippen LogP contribution >= 0.6 is 0 Å². The topological polar surface area (TPSA) is 50.8 Å². The third kappa shape index (κ3) is 5.83. The van der Waals surface area contributed by atoms with Gasteiger partial charge >= 0.3 is 0 Å². The highest BCUT2D eigenvalue weighted by molar-refractivity contribution is 5.80. The summed E-state index contributed by atoms with van der Waals surface area (Å²) in [5, 5.41) is 2.92. The van der Waals surface area contributed by atoms with Gasteiger partial charge in [-0.1, -0.05) is 30.3 Å². The smallest absolute Gasteiger partial charge is 0.248 e. The fraction of sp³-hybridized carbons (Fsp3) is 0.562. The van der Waals surface area contributed by atoms with Crippen molar-refractivity contribution in [1.29, 1.82) is 0 Å². The fourth-order valence-electron chi connectivity index (χ4n) is 2.18. The number of morpholine rings is 1. The van der Waals surface area contributed by atoms with Crippen LogP contribution in [0.1, 0.15) is 12.5 Å². The van der Waals surface area contributed by atoms with E-state index in [0.29, 0.717) is 13.2 Å². The van der Waals surface area contributed by atoms with Crippen molar-refractivity contribution in [2.45, 2.75) is 19.6 Å². The second-order valence-corrected chi connectivity index (χ2v) is 5.18. The Hall–Kier alpha value is -1.43. The van der Waals surface area contributed by atoms with Crippen LogP contribution < -0.4 is 5.32 Å². The molecule has 0 unspecified atom stereocenters. The van der Waals surface area contributed by atoms with Crippen molar-refractivity contribution < 1.29 is 14.3 Å². The lowest BCUT2D eigenvalue weighted by Crippen LogP contribution is -2.43. The van der Waals surface area contributed by atoms with Crippen LogP contribution in [0.4, 0.5) is 0 Å². The predicted molar refractivity (Wildman–Crippen MR) is 81.0 cm³/mol. The van der Waals surface area contributed by atoms with Gasteiger partial charge in [-0.05, 0) is 12.5 Å². The number of benzene rings is 1. The van der Waals surface area contributed by atoms with E-state index in [4.69, 9.17) is 9.47 Å². The number of rotatable bonds is 7. The normalized spacial score (nSPS) is 17.4. The molecule has 0 radical (unpaired) electrons. The number of carbonyl (C=O) groups is 1. The lowest BCUT2D eigenvalue weighted by molar-refractivity contribution is -0.132. The van der Waals surface area contributed by atoms with E-state index >= 15 is 0 Å². The first kappa shape index (κ1) is 15.9. The zero-order valence-electron chi connectivity index (χ0n) is 12.6. The highest BCUT2D eigenvalue weighted by atomic mass is 16.5. The minimum absolute atomic E-state index is 0.0563. The summed E-state index contributed by atoms with van der Waals surface area (Å²) in [4.78, 5) is 14.2. The summed E-state index contributed by atoms with van der Waals surface area (Å²) in [6, 6.07) is 9.87. The molecule has 5 nitrogen and oxygen atoms in total. The van der Waals surface area contributed by atoms with Gasteiger partial charge in [0.05, 0.1) is 19.8 Å². The lowest BCUT2D eigenvalue weighted by Gasteiger charge is -2.26. The molecule has 2 rings (SSSR count).